The highest BCUT2D eigenvalue weighted by atomic mass is 35.5. The van der Waals surface area contributed by atoms with E-state index in [9.17, 15) is 20.0 Å². The maximum Gasteiger partial charge on any atom is 0.272 e. The summed E-state index contributed by atoms with van der Waals surface area (Å²) in [6, 6.07) is 8.37. The molecule has 0 bridgehead atoms. The number of halogens is 1. The van der Waals surface area contributed by atoms with Crippen LogP contribution < -0.4 is 5.32 Å². The number of nitrogens with one attached hydrogen (secondary N) is 1. The van der Waals surface area contributed by atoms with E-state index in [1.807, 2.05) is 0 Å². The van der Waals surface area contributed by atoms with Crippen LogP contribution in [0.1, 0.15) is 15.9 Å². The zero-order valence-electron chi connectivity index (χ0n) is 11.0. The molecule has 0 saturated carbocycles. The molecule has 7 heteroatoms. The van der Waals surface area contributed by atoms with Crippen LogP contribution in [0.4, 0.5) is 11.4 Å². The van der Waals surface area contributed by atoms with Crippen molar-refractivity contribution in [1.82, 2.24) is 0 Å². The van der Waals surface area contributed by atoms with Crippen molar-refractivity contribution < 1.29 is 14.8 Å². The molecular formula is C14H11ClN2O4. The Morgan fingerprint density at radius 2 is 2.00 bits per heavy atom. The third kappa shape index (κ3) is 3.29. The smallest absolute Gasteiger partial charge is 0.272 e. The van der Waals surface area contributed by atoms with Crippen molar-refractivity contribution in [2.45, 2.75) is 6.92 Å². The van der Waals surface area contributed by atoms with Gasteiger partial charge in [0.15, 0.2) is 0 Å². The molecule has 0 aliphatic carbocycles. The number of carbonyl (C=O) groups excluding carboxylic acids is 1. The summed E-state index contributed by atoms with van der Waals surface area (Å²) in [6.45, 7) is 1.56. The van der Waals surface area contributed by atoms with Gasteiger partial charge in [0.1, 0.15) is 5.75 Å². The monoisotopic (exact) mass is 306 g/mol. The quantitative estimate of drug-likeness (QED) is 0.515. The minimum Gasteiger partial charge on any atom is -0.506 e. The molecular weight excluding hydrogens is 296 g/mol. The Morgan fingerprint density at radius 3 is 2.57 bits per heavy atom. The summed E-state index contributed by atoms with van der Waals surface area (Å²) in [5, 5.41) is 22.8. The molecule has 0 radical (unpaired) electrons. The molecule has 6 nitrogen and oxygen atoms in total. The first-order valence-electron chi connectivity index (χ1n) is 5.93. The number of aryl methyl sites for hydroxylation is 1. The molecule has 0 saturated heterocycles. The van der Waals surface area contributed by atoms with E-state index in [4.69, 9.17) is 11.6 Å². The summed E-state index contributed by atoms with van der Waals surface area (Å²) < 4.78 is 0. The SMILES string of the molecule is Cc1cc(C(=O)Nc2ccc(O)c(Cl)c2)ccc1[N+](=O)[O-]. The fourth-order valence-corrected chi connectivity index (χ4v) is 1.97. The average molecular weight is 307 g/mol. The standard InChI is InChI=1S/C14H11ClN2O4/c1-8-6-9(2-4-12(8)17(20)21)14(19)16-10-3-5-13(18)11(15)7-10/h2-7,18H,1H3,(H,16,19). The van der Waals surface area contributed by atoms with Gasteiger partial charge in [0.05, 0.1) is 9.95 Å². The van der Waals surface area contributed by atoms with Crippen molar-refractivity contribution in [3.05, 3.63) is 62.7 Å². The highest BCUT2D eigenvalue weighted by Crippen LogP contribution is 2.26. The highest BCUT2D eigenvalue weighted by Gasteiger charge is 2.14. The van der Waals surface area contributed by atoms with Crippen LogP contribution in [0.2, 0.25) is 5.02 Å². The first-order valence-corrected chi connectivity index (χ1v) is 6.31. The molecule has 0 aromatic heterocycles. The lowest BCUT2D eigenvalue weighted by Gasteiger charge is -2.07. The number of amides is 1. The lowest BCUT2D eigenvalue weighted by molar-refractivity contribution is -0.385. The van der Waals surface area contributed by atoms with Crippen molar-refractivity contribution in [3.8, 4) is 5.75 Å². The number of aromatic hydroxyl groups is 1. The molecule has 21 heavy (non-hydrogen) atoms. The second-order valence-corrected chi connectivity index (χ2v) is 4.79. The van der Waals surface area contributed by atoms with Gasteiger partial charge in [-0.15, -0.1) is 0 Å². The number of hydrogen-bond donors (Lipinski definition) is 2. The molecule has 108 valence electrons. The minimum absolute atomic E-state index is 0.0424. The van der Waals surface area contributed by atoms with E-state index >= 15 is 0 Å². The summed E-state index contributed by atoms with van der Waals surface area (Å²) in [5.74, 6) is -0.504. The number of phenols is 1. The van der Waals surface area contributed by atoms with Crippen LogP contribution >= 0.6 is 11.6 Å². The number of benzene rings is 2. The van der Waals surface area contributed by atoms with E-state index in [1.54, 1.807) is 6.92 Å². The fraction of sp³-hybridized carbons (Fsp3) is 0.0714. The van der Waals surface area contributed by atoms with Gasteiger partial charge in [-0.05, 0) is 37.3 Å². The molecule has 1 amide bonds. The Hall–Kier alpha value is -2.60. The van der Waals surface area contributed by atoms with Gasteiger partial charge in [-0.2, -0.15) is 0 Å². The van der Waals surface area contributed by atoms with Crippen LogP contribution in [0.3, 0.4) is 0 Å². The van der Waals surface area contributed by atoms with Crippen LogP contribution in [0.25, 0.3) is 0 Å². The van der Waals surface area contributed by atoms with Gasteiger partial charge in [0.2, 0.25) is 0 Å². The number of carbonyl (C=O) groups is 1. The number of nitrogens with zero attached hydrogens (tertiary/aromatic N) is 1. The molecule has 2 N–H and O–H groups in total. The summed E-state index contributed by atoms with van der Waals surface area (Å²) >= 11 is 5.75. The second kappa shape index (κ2) is 5.80. The largest absolute Gasteiger partial charge is 0.506 e. The minimum atomic E-state index is -0.503. The van der Waals surface area contributed by atoms with E-state index in [1.165, 1.54) is 36.4 Å². The average Bonchev–Trinajstić information content (AvgIpc) is 2.42. The van der Waals surface area contributed by atoms with Crippen LogP contribution in [0.5, 0.6) is 5.75 Å². The highest BCUT2D eigenvalue weighted by molar-refractivity contribution is 6.32. The number of phenolic OH excluding ortho intramolecular Hbond substituents is 1. The van der Waals surface area contributed by atoms with Crippen LogP contribution in [-0.2, 0) is 0 Å². The lowest BCUT2D eigenvalue weighted by Crippen LogP contribution is -2.12. The van der Waals surface area contributed by atoms with E-state index in [0.717, 1.165) is 0 Å². The zero-order chi connectivity index (χ0) is 15.6. The molecule has 0 spiro atoms. The fourth-order valence-electron chi connectivity index (χ4n) is 1.79. The van der Waals surface area contributed by atoms with Crippen LogP contribution in [-0.4, -0.2) is 15.9 Å². The summed E-state index contributed by atoms with van der Waals surface area (Å²) in [7, 11) is 0. The predicted molar refractivity (Wildman–Crippen MR) is 78.9 cm³/mol. The van der Waals surface area contributed by atoms with Crippen molar-refractivity contribution in [2.75, 3.05) is 5.32 Å². The Labute approximate surface area is 125 Å². The predicted octanol–water partition coefficient (Wildman–Crippen LogP) is 3.51. The zero-order valence-corrected chi connectivity index (χ0v) is 11.7. The lowest BCUT2D eigenvalue weighted by atomic mass is 10.1. The number of rotatable bonds is 3. The molecule has 2 rings (SSSR count). The van der Waals surface area contributed by atoms with Crippen LogP contribution in [0.15, 0.2) is 36.4 Å². The Morgan fingerprint density at radius 1 is 1.29 bits per heavy atom. The van der Waals surface area contributed by atoms with Gasteiger partial charge in [0.25, 0.3) is 11.6 Å². The molecule has 2 aromatic carbocycles. The van der Waals surface area contributed by atoms with Gasteiger partial charge in [0, 0.05) is 22.9 Å². The van der Waals surface area contributed by atoms with E-state index in [2.05, 4.69) is 5.32 Å². The normalized spacial score (nSPS) is 10.2. The van der Waals surface area contributed by atoms with Crippen molar-refractivity contribution in [2.24, 2.45) is 0 Å². The summed E-state index contributed by atoms with van der Waals surface area (Å²) in [4.78, 5) is 22.3. The molecule has 2 aromatic rings. The van der Waals surface area contributed by atoms with E-state index in [-0.39, 0.29) is 16.5 Å². The molecule has 0 fully saturated rings. The van der Waals surface area contributed by atoms with Gasteiger partial charge in [-0.3, -0.25) is 14.9 Å². The molecule has 0 atom stereocenters. The molecule has 0 unspecified atom stereocenters. The van der Waals surface area contributed by atoms with Crippen molar-refractivity contribution >= 4 is 28.9 Å². The van der Waals surface area contributed by atoms with E-state index < -0.39 is 10.8 Å². The second-order valence-electron chi connectivity index (χ2n) is 4.38. The Kier molecular flexibility index (Phi) is 4.09. The summed E-state index contributed by atoms with van der Waals surface area (Å²) in [6.07, 6.45) is 0. The Bertz CT molecular complexity index is 731. The van der Waals surface area contributed by atoms with Crippen LogP contribution in [0, 0.1) is 17.0 Å². The van der Waals surface area contributed by atoms with Gasteiger partial charge in [-0.25, -0.2) is 0 Å². The molecule has 0 aliphatic rings. The maximum absolute atomic E-state index is 12.1. The molecule has 0 heterocycles. The number of anilines is 1. The number of hydrogen-bond acceptors (Lipinski definition) is 4. The first-order chi connectivity index (χ1) is 9.88. The van der Waals surface area contributed by atoms with Gasteiger partial charge >= 0.3 is 0 Å². The first kappa shape index (κ1) is 14.8. The third-order valence-electron chi connectivity index (χ3n) is 2.86. The van der Waals surface area contributed by atoms with E-state index in [0.29, 0.717) is 16.8 Å². The van der Waals surface area contributed by atoms with Crippen molar-refractivity contribution in [3.63, 3.8) is 0 Å². The van der Waals surface area contributed by atoms with Crippen molar-refractivity contribution in [1.29, 1.82) is 0 Å². The summed E-state index contributed by atoms with van der Waals surface area (Å²) in [5.41, 5.74) is 1.07. The Balaban J connectivity index is 2.22. The molecule has 0 aliphatic heterocycles. The van der Waals surface area contributed by atoms with Gasteiger partial charge < -0.3 is 10.4 Å². The maximum atomic E-state index is 12.1. The number of nitro benzene ring substituents is 1. The van der Waals surface area contributed by atoms with Gasteiger partial charge in [-0.1, -0.05) is 11.6 Å². The third-order valence-corrected chi connectivity index (χ3v) is 3.16. The topological polar surface area (TPSA) is 92.5 Å². The number of nitro groups is 1.